The molecule has 1 saturated heterocycles. The van der Waals surface area contributed by atoms with Gasteiger partial charge in [-0.1, -0.05) is 11.8 Å². The molecular formula is C24H27FN6O3S. The maximum atomic E-state index is 13.1. The fraction of sp³-hybridized carbons (Fsp3) is 0.333. The van der Waals surface area contributed by atoms with Gasteiger partial charge in [-0.15, -0.1) is 10.2 Å². The number of carbonyl (C=O) groups excluding carboxylic acids is 2. The molecule has 35 heavy (non-hydrogen) atoms. The number of anilines is 1. The summed E-state index contributed by atoms with van der Waals surface area (Å²) in [4.78, 5) is 29.1. The first-order valence-corrected chi connectivity index (χ1v) is 12.1. The predicted molar refractivity (Wildman–Crippen MR) is 131 cm³/mol. The Labute approximate surface area is 207 Å². The quantitative estimate of drug-likeness (QED) is 0.477. The lowest BCUT2D eigenvalue weighted by atomic mass is 10.2. The lowest BCUT2D eigenvalue weighted by Crippen LogP contribution is -2.49. The third kappa shape index (κ3) is 6.10. The third-order valence-corrected chi connectivity index (χ3v) is 6.84. The van der Waals surface area contributed by atoms with Gasteiger partial charge in [0.1, 0.15) is 11.6 Å². The fourth-order valence-electron chi connectivity index (χ4n) is 3.71. The number of nitrogens with zero attached hydrogens (tertiary/aromatic N) is 5. The van der Waals surface area contributed by atoms with Gasteiger partial charge in [0.15, 0.2) is 11.0 Å². The van der Waals surface area contributed by atoms with E-state index in [9.17, 15) is 14.0 Å². The minimum atomic E-state index is -0.258. The molecule has 0 unspecified atom stereocenters. The Bertz CT molecular complexity index is 1160. The molecule has 184 valence electrons. The summed E-state index contributed by atoms with van der Waals surface area (Å²) in [6.07, 6.45) is 0. The Hall–Kier alpha value is -3.60. The molecule has 1 fully saturated rings. The average Bonchev–Trinajstić information content (AvgIpc) is 3.25. The molecule has 0 saturated carbocycles. The number of methoxy groups -OCH3 is 1. The van der Waals surface area contributed by atoms with Crippen molar-refractivity contribution in [2.45, 2.75) is 11.7 Å². The van der Waals surface area contributed by atoms with E-state index < -0.39 is 0 Å². The molecule has 2 heterocycles. The van der Waals surface area contributed by atoms with Crippen molar-refractivity contribution in [1.29, 1.82) is 0 Å². The second kappa shape index (κ2) is 11.2. The number of carbonyl (C=O) groups is 2. The van der Waals surface area contributed by atoms with Gasteiger partial charge >= 0.3 is 0 Å². The minimum absolute atomic E-state index is 0.0334. The first kappa shape index (κ1) is 24.5. The molecule has 0 aliphatic carbocycles. The summed E-state index contributed by atoms with van der Waals surface area (Å²) in [5, 5.41) is 11.8. The number of aromatic nitrogens is 3. The van der Waals surface area contributed by atoms with E-state index in [2.05, 4.69) is 20.4 Å². The van der Waals surface area contributed by atoms with Gasteiger partial charge in [0, 0.05) is 44.5 Å². The summed E-state index contributed by atoms with van der Waals surface area (Å²) in [7, 11) is 3.38. The molecule has 4 rings (SSSR count). The Morgan fingerprint density at radius 2 is 1.71 bits per heavy atom. The van der Waals surface area contributed by atoms with E-state index in [1.807, 2.05) is 11.9 Å². The highest BCUT2D eigenvalue weighted by atomic mass is 32.2. The van der Waals surface area contributed by atoms with Crippen LogP contribution in [0.25, 0.3) is 0 Å². The Morgan fingerprint density at radius 1 is 1.03 bits per heavy atom. The topological polar surface area (TPSA) is 92.6 Å². The van der Waals surface area contributed by atoms with Crippen LogP contribution in [0.15, 0.2) is 53.7 Å². The highest BCUT2D eigenvalue weighted by Gasteiger charge is 2.22. The van der Waals surface area contributed by atoms with Crippen molar-refractivity contribution in [2.24, 2.45) is 7.05 Å². The predicted octanol–water partition coefficient (Wildman–Crippen LogP) is 2.33. The van der Waals surface area contributed by atoms with Crippen molar-refractivity contribution in [3.05, 3.63) is 65.7 Å². The third-order valence-electron chi connectivity index (χ3n) is 5.83. The molecule has 0 radical (unpaired) electrons. The van der Waals surface area contributed by atoms with E-state index in [0.717, 1.165) is 5.69 Å². The highest BCUT2D eigenvalue weighted by molar-refractivity contribution is 7.99. The molecule has 1 aliphatic heterocycles. The van der Waals surface area contributed by atoms with Gasteiger partial charge in [-0.2, -0.15) is 0 Å². The number of piperazine rings is 1. The number of hydrogen-bond acceptors (Lipinski definition) is 7. The van der Waals surface area contributed by atoms with Crippen LogP contribution in [0.2, 0.25) is 0 Å². The van der Waals surface area contributed by atoms with Gasteiger partial charge in [0.2, 0.25) is 5.91 Å². The first-order valence-electron chi connectivity index (χ1n) is 11.2. The van der Waals surface area contributed by atoms with E-state index in [-0.39, 0.29) is 29.9 Å². The molecule has 11 heteroatoms. The fourth-order valence-corrected chi connectivity index (χ4v) is 4.54. The second-order valence-electron chi connectivity index (χ2n) is 8.00. The van der Waals surface area contributed by atoms with Crippen molar-refractivity contribution >= 4 is 29.3 Å². The van der Waals surface area contributed by atoms with Crippen molar-refractivity contribution in [3.8, 4) is 5.75 Å². The number of thioether (sulfide) groups is 1. The molecule has 2 amide bonds. The summed E-state index contributed by atoms with van der Waals surface area (Å²) < 4.78 is 20.0. The van der Waals surface area contributed by atoms with Crippen LogP contribution in [0.5, 0.6) is 5.75 Å². The Balaban J connectivity index is 1.23. The zero-order chi connectivity index (χ0) is 24.8. The van der Waals surface area contributed by atoms with Crippen molar-refractivity contribution in [2.75, 3.05) is 43.9 Å². The molecule has 3 aromatic rings. The Morgan fingerprint density at radius 3 is 2.37 bits per heavy atom. The van der Waals surface area contributed by atoms with Crippen LogP contribution in [0, 0.1) is 5.82 Å². The molecule has 0 spiro atoms. The lowest BCUT2D eigenvalue weighted by Gasteiger charge is -2.36. The number of hydrogen-bond donors (Lipinski definition) is 1. The molecular weight excluding hydrogens is 471 g/mol. The normalized spacial score (nSPS) is 13.6. The maximum absolute atomic E-state index is 13.1. The van der Waals surface area contributed by atoms with Crippen molar-refractivity contribution in [1.82, 2.24) is 25.0 Å². The van der Waals surface area contributed by atoms with Crippen LogP contribution >= 0.6 is 11.8 Å². The van der Waals surface area contributed by atoms with Gasteiger partial charge in [0.25, 0.3) is 5.91 Å². The smallest absolute Gasteiger partial charge is 0.251 e. The minimum Gasteiger partial charge on any atom is -0.497 e. The number of benzene rings is 2. The van der Waals surface area contributed by atoms with Crippen molar-refractivity contribution in [3.63, 3.8) is 0 Å². The average molecular weight is 499 g/mol. The summed E-state index contributed by atoms with van der Waals surface area (Å²) in [5.74, 6) is 1.08. The van der Waals surface area contributed by atoms with E-state index in [4.69, 9.17) is 4.74 Å². The molecule has 0 bridgehead atoms. The standard InChI is InChI=1S/C24H27FN6O3S/c1-29-21(15-26-23(33)17-3-9-20(34-2)10-4-17)27-28-24(29)35-16-22(32)31-13-11-30(12-14-31)19-7-5-18(25)6-8-19/h3-10H,11-16H2,1-2H3,(H,26,33). The van der Waals surface area contributed by atoms with Gasteiger partial charge < -0.3 is 24.4 Å². The van der Waals surface area contributed by atoms with Crippen LogP contribution in [0.3, 0.4) is 0 Å². The van der Waals surface area contributed by atoms with Crippen LogP contribution in [0.4, 0.5) is 10.1 Å². The lowest BCUT2D eigenvalue weighted by molar-refractivity contribution is -0.128. The largest absolute Gasteiger partial charge is 0.497 e. The van der Waals surface area contributed by atoms with E-state index in [1.165, 1.54) is 23.9 Å². The highest BCUT2D eigenvalue weighted by Crippen LogP contribution is 2.20. The Kier molecular flexibility index (Phi) is 7.86. The molecule has 0 atom stereocenters. The number of ether oxygens (including phenoxy) is 1. The van der Waals surface area contributed by atoms with Gasteiger partial charge in [-0.25, -0.2) is 4.39 Å². The number of nitrogens with one attached hydrogen (secondary N) is 1. The van der Waals surface area contributed by atoms with Crippen LogP contribution in [-0.2, 0) is 18.4 Å². The number of amides is 2. The zero-order valence-corrected chi connectivity index (χ0v) is 20.4. The van der Waals surface area contributed by atoms with Gasteiger partial charge in [-0.05, 0) is 48.5 Å². The molecule has 1 N–H and O–H groups in total. The molecule has 2 aromatic carbocycles. The summed E-state index contributed by atoms with van der Waals surface area (Å²) in [6.45, 7) is 2.83. The number of halogens is 1. The van der Waals surface area contributed by atoms with Crippen LogP contribution < -0.4 is 15.0 Å². The van der Waals surface area contributed by atoms with Crippen LogP contribution in [0.1, 0.15) is 16.2 Å². The summed E-state index contributed by atoms with van der Waals surface area (Å²) in [5.41, 5.74) is 1.48. The summed E-state index contributed by atoms with van der Waals surface area (Å²) >= 11 is 1.32. The summed E-state index contributed by atoms with van der Waals surface area (Å²) in [6, 6.07) is 13.2. The van der Waals surface area contributed by atoms with E-state index in [1.54, 1.807) is 48.1 Å². The van der Waals surface area contributed by atoms with E-state index in [0.29, 0.717) is 48.5 Å². The second-order valence-corrected chi connectivity index (χ2v) is 8.94. The first-order chi connectivity index (χ1) is 16.9. The van der Waals surface area contributed by atoms with E-state index >= 15 is 0 Å². The van der Waals surface area contributed by atoms with Crippen molar-refractivity contribution < 1.29 is 18.7 Å². The molecule has 9 nitrogen and oxygen atoms in total. The monoisotopic (exact) mass is 498 g/mol. The zero-order valence-electron chi connectivity index (χ0n) is 19.6. The number of rotatable bonds is 8. The van der Waals surface area contributed by atoms with Gasteiger partial charge in [-0.3, -0.25) is 9.59 Å². The van der Waals surface area contributed by atoms with Gasteiger partial charge in [0.05, 0.1) is 19.4 Å². The maximum Gasteiger partial charge on any atom is 0.251 e. The SMILES string of the molecule is COc1ccc(C(=O)NCc2nnc(SCC(=O)N3CCN(c4ccc(F)cc4)CC3)n2C)cc1. The van der Waals surface area contributed by atoms with Crippen LogP contribution in [-0.4, -0.2) is 70.5 Å². The molecule has 1 aromatic heterocycles. The molecule has 1 aliphatic rings.